The zero-order valence-corrected chi connectivity index (χ0v) is 11.5. The molecule has 0 bridgehead atoms. The lowest BCUT2D eigenvalue weighted by Crippen LogP contribution is -2.21. The van der Waals surface area contributed by atoms with Crippen LogP contribution in [0.2, 0.25) is 0 Å². The van der Waals surface area contributed by atoms with Gasteiger partial charge in [-0.1, -0.05) is 56.3 Å². The monoisotopic (exact) mass is 249 g/mol. The number of nitrogens with zero attached hydrogens (tertiary/aromatic N) is 1. The van der Waals surface area contributed by atoms with E-state index in [0.717, 1.165) is 11.8 Å². The fourth-order valence-corrected chi connectivity index (χ4v) is 2.57. The van der Waals surface area contributed by atoms with Crippen molar-refractivity contribution in [1.82, 2.24) is 0 Å². The number of hydrogen-bond donors (Lipinski definition) is 0. The van der Waals surface area contributed by atoms with E-state index < -0.39 is 0 Å². The van der Waals surface area contributed by atoms with Crippen LogP contribution >= 0.6 is 0 Å². The van der Waals surface area contributed by atoms with E-state index in [9.17, 15) is 0 Å². The first kappa shape index (κ1) is 12.2. The second kappa shape index (κ2) is 5.00. The Morgan fingerprint density at radius 2 is 1.84 bits per heavy atom. The van der Waals surface area contributed by atoms with Gasteiger partial charge in [0, 0.05) is 0 Å². The van der Waals surface area contributed by atoms with E-state index in [1.165, 1.54) is 16.3 Å². The Morgan fingerprint density at radius 1 is 1.05 bits per heavy atom. The zero-order chi connectivity index (χ0) is 13.2. The first-order valence-electron chi connectivity index (χ1n) is 6.96. The van der Waals surface area contributed by atoms with Crippen molar-refractivity contribution in [3.8, 4) is 0 Å². The summed E-state index contributed by atoms with van der Waals surface area (Å²) in [5.74, 6) is 0.576. The van der Waals surface area contributed by atoms with Crippen molar-refractivity contribution in [3.63, 3.8) is 0 Å². The van der Waals surface area contributed by atoms with Crippen LogP contribution < -0.4 is 10.6 Å². The van der Waals surface area contributed by atoms with Crippen LogP contribution in [0.4, 0.5) is 0 Å². The van der Waals surface area contributed by atoms with Gasteiger partial charge in [0.15, 0.2) is 0 Å². The SMILES string of the molecule is CC(C)c1ccc2c(c1)=CC(Cc1ccccc1)N=2. The lowest BCUT2D eigenvalue weighted by atomic mass is 10.0. The molecular weight excluding hydrogens is 230 g/mol. The van der Waals surface area contributed by atoms with E-state index in [2.05, 4.69) is 68.5 Å². The first-order chi connectivity index (χ1) is 9.22. The number of hydrogen-bond acceptors (Lipinski definition) is 1. The molecule has 96 valence electrons. The fourth-order valence-electron chi connectivity index (χ4n) is 2.57. The molecule has 0 radical (unpaired) electrons. The molecule has 3 rings (SSSR count). The van der Waals surface area contributed by atoms with Crippen LogP contribution in [0, 0.1) is 0 Å². The average Bonchev–Trinajstić information content (AvgIpc) is 2.80. The summed E-state index contributed by atoms with van der Waals surface area (Å²) >= 11 is 0. The Bertz CT molecular complexity index is 683. The maximum Gasteiger partial charge on any atom is 0.0737 e. The van der Waals surface area contributed by atoms with Gasteiger partial charge in [-0.05, 0) is 40.8 Å². The van der Waals surface area contributed by atoms with Gasteiger partial charge >= 0.3 is 0 Å². The summed E-state index contributed by atoms with van der Waals surface area (Å²) in [4.78, 5) is 4.79. The number of rotatable bonds is 3. The van der Waals surface area contributed by atoms with E-state index in [4.69, 9.17) is 4.99 Å². The van der Waals surface area contributed by atoms with Crippen LogP contribution in [-0.4, -0.2) is 6.04 Å². The number of benzene rings is 2. The highest BCUT2D eigenvalue weighted by atomic mass is 14.8. The quantitative estimate of drug-likeness (QED) is 0.793. The van der Waals surface area contributed by atoms with Crippen LogP contribution in [-0.2, 0) is 6.42 Å². The minimum atomic E-state index is 0.291. The van der Waals surface area contributed by atoms with E-state index in [1.54, 1.807) is 0 Å². The van der Waals surface area contributed by atoms with Crippen LogP contribution in [0.1, 0.15) is 30.9 Å². The Morgan fingerprint density at radius 3 is 2.58 bits per heavy atom. The first-order valence-corrected chi connectivity index (χ1v) is 6.96. The molecule has 1 nitrogen and oxygen atoms in total. The van der Waals surface area contributed by atoms with Gasteiger partial charge in [0.1, 0.15) is 0 Å². The minimum absolute atomic E-state index is 0.291. The second-order valence-corrected chi connectivity index (χ2v) is 5.53. The molecule has 2 aromatic rings. The van der Waals surface area contributed by atoms with Crippen molar-refractivity contribution in [2.75, 3.05) is 0 Å². The van der Waals surface area contributed by atoms with Crippen molar-refractivity contribution < 1.29 is 0 Å². The van der Waals surface area contributed by atoms with E-state index in [1.807, 2.05) is 0 Å². The van der Waals surface area contributed by atoms with Gasteiger partial charge in [0.05, 0.1) is 11.4 Å². The Kier molecular flexibility index (Phi) is 3.20. The van der Waals surface area contributed by atoms with Crippen LogP contribution in [0.5, 0.6) is 0 Å². The summed E-state index contributed by atoms with van der Waals surface area (Å²) in [6.45, 7) is 4.46. The molecule has 0 amide bonds. The van der Waals surface area contributed by atoms with Crippen LogP contribution in [0.15, 0.2) is 53.5 Å². The normalized spacial score (nSPS) is 16.9. The molecule has 0 aliphatic carbocycles. The molecule has 1 heteroatoms. The molecular formula is C18H19N. The van der Waals surface area contributed by atoms with Gasteiger partial charge < -0.3 is 0 Å². The van der Waals surface area contributed by atoms with Crippen molar-refractivity contribution in [3.05, 3.63) is 70.2 Å². The second-order valence-electron chi connectivity index (χ2n) is 5.53. The molecule has 1 aliphatic rings. The maximum absolute atomic E-state index is 4.79. The van der Waals surface area contributed by atoms with Gasteiger partial charge in [-0.25, -0.2) is 0 Å². The van der Waals surface area contributed by atoms with Crippen molar-refractivity contribution >= 4 is 6.08 Å². The summed E-state index contributed by atoms with van der Waals surface area (Å²) in [5.41, 5.74) is 2.75. The molecule has 0 spiro atoms. The van der Waals surface area contributed by atoms with Crippen molar-refractivity contribution in [2.45, 2.75) is 32.2 Å². The molecule has 0 saturated carbocycles. The average molecular weight is 249 g/mol. The van der Waals surface area contributed by atoms with E-state index in [0.29, 0.717) is 12.0 Å². The lowest BCUT2D eigenvalue weighted by Gasteiger charge is -2.03. The van der Waals surface area contributed by atoms with Crippen molar-refractivity contribution in [1.29, 1.82) is 0 Å². The summed E-state index contributed by atoms with van der Waals surface area (Å²) in [6, 6.07) is 17.5. The number of fused-ring (bicyclic) bond motifs is 1. The molecule has 1 atom stereocenters. The molecule has 0 saturated heterocycles. The standard InChI is InChI=1S/C18H19N/c1-13(2)15-8-9-18-16(11-15)12-17(19-18)10-14-6-4-3-5-7-14/h3-9,11-13,17H,10H2,1-2H3. The molecule has 1 unspecified atom stereocenters. The Labute approximate surface area is 114 Å². The molecule has 19 heavy (non-hydrogen) atoms. The predicted octanol–water partition coefficient (Wildman–Crippen LogP) is 2.84. The highest BCUT2D eigenvalue weighted by Crippen LogP contribution is 2.12. The molecule has 0 fully saturated rings. The molecule has 1 aliphatic heterocycles. The minimum Gasteiger partial charge on any atom is -0.277 e. The van der Waals surface area contributed by atoms with E-state index in [-0.39, 0.29) is 0 Å². The molecule has 1 heterocycles. The third-order valence-electron chi connectivity index (χ3n) is 3.68. The third kappa shape index (κ3) is 2.60. The highest BCUT2D eigenvalue weighted by molar-refractivity contribution is 5.38. The Hall–Kier alpha value is -1.89. The van der Waals surface area contributed by atoms with Gasteiger partial charge in [0.2, 0.25) is 0 Å². The third-order valence-corrected chi connectivity index (χ3v) is 3.68. The van der Waals surface area contributed by atoms with Gasteiger partial charge in [-0.3, -0.25) is 4.99 Å². The van der Waals surface area contributed by atoms with Crippen LogP contribution in [0.25, 0.3) is 6.08 Å². The topological polar surface area (TPSA) is 12.4 Å². The highest BCUT2D eigenvalue weighted by Gasteiger charge is 2.10. The van der Waals surface area contributed by atoms with Crippen LogP contribution in [0.3, 0.4) is 0 Å². The summed E-state index contributed by atoms with van der Waals surface area (Å²) in [7, 11) is 0. The molecule has 2 aromatic carbocycles. The Balaban J connectivity index is 1.88. The summed E-state index contributed by atoms with van der Waals surface area (Å²) < 4.78 is 0. The van der Waals surface area contributed by atoms with Gasteiger partial charge in [-0.2, -0.15) is 0 Å². The largest absolute Gasteiger partial charge is 0.277 e. The van der Waals surface area contributed by atoms with Crippen molar-refractivity contribution in [2.24, 2.45) is 4.99 Å². The van der Waals surface area contributed by atoms with Gasteiger partial charge in [-0.15, -0.1) is 0 Å². The van der Waals surface area contributed by atoms with E-state index >= 15 is 0 Å². The zero-order valence-electron chi connectivity index (χ0n) is 11.5. The summed E-state index contributed by atoms with van der Waals surface area (Å²) in [5, 5.41) is 2.44. The maximum atomic E-state index is 4.79. The fraction of sp³-hybridized carbons (Fsp3) is 0.278. The smallest absolute Gasteiger partial charge is 0.0737 e. The summed E-state index contributed by atoms with van der Waals surface area (Å²) in [6.07, 6.45) is 3.29. The molecule has 0 aromatic heterocycles. The predicted molar refractivity (Wildman–Crippen MR) is 79.7 cm³/mol. The van der Waals surface area contributed by atoms with Gasteiger partial charge in [0.25, 0.3) is 0 Å². The molecule has 0 N–H and O–H groups in total. The lowest BCUT2D eigenvalue weighted by molar-refractivity contribution is 0.837.